The average molecular weight is 363 g/mol. The Morgan fingerprint density at radius 2 is 1.54 bits per heavy atom. The van der Waals surface area contributed by atoms with E-state index in [-0.39, 0.29) is 5.91 Å². The number of nitrogens with zero attached hydrogens (tertiary/aromatic N) is 2. The van der Waals surface area contributed by atoms with Gasteiger partial charge in [-0.15, -0.1) is 0 Å². The van der Waals surface area contributed by atoms with Crippen LogP contribution in [-0.4, -0.2) is 18.9 Å². The number of fused-ring (bicyclic) bond motifs is 1. The van der Waals surface area contributed by atoms with Crippen LogP contribution in [0.25, 0.3) is 0 Å². The van der Waals surface area contributed by atoms with Gasteiger partial charge >= 0.3 is 0 Å². The lowest BCUT2D eigenvalue weighted by Gasteiger charge is -2.17. The zero-order valence-electron chi connectivity index (χ0n) is 14.0. The number of hydrogen-bond acceptors (Lipinski definition) is 3. The molecule has 0 atom stereocenters. The zero-order valence-corrected chi connectivity index (χ0v) is 14.8. The molecule has 1 heterocycles. The molecule has 3 aromatic rings. The summed E-state index contributed by atoms with van der Waals surface area (Å²) in [7, 11) is 1.62. The molecule has 0 fully saturated rings. The molecule has 0 aromatic heterocycles. The number of ether oxygens (including phenoxy) is 1. The Kier molecular flexibility index (Phi) is 4.19. The standard InChI is InChI=1S/C21H15ClN2O2/c1-26-17-12-8-15(9-13-17)23-20-18-4-2-3-5-19(18)21(25)24(20)16-10-6-14(22)7-11-16/h2-13H,1H3. The highest BCUT2D eigenvalue weighted by atomic mass is 35.5. The summed E-state index contributed by atoms with van der Waals surface area (Å²) in [5.74, 6) is 1.25. The van der Waals surface area contributed by atoms with E-state index in [1.807, 2.05) is 60.7 Å². The second-order valence-corrected chi connectivity index (χ2v) is 6.23. The van der Waals surface area contributed by atoms with E-state index in [1.54, 1.807) is 24.1 Å². The number of benzene rings is 3. The van der Waals surface area contributed by atoms with Crippen LogP contribution in [0, 0.1) is 0 Å². The van der Waals surface area contributed by atoms with Crippen molar-refractivity contribution in [1.29, 1.82) is 0 Å². The molecule has 0 spiro atoms. The van der Waals surface area contributed by atoms with Crippen molar-refractivity contribution in [2.45, 2.75) is 0 Å². The summed E-state index contributed by atoms with van der Waals surface area (Å²) in [6.07, 6.45) is 0. The summed E-state index contributed by atoms with van der Waals surface area (Å²) in [4.78, 5) is 19.3. The average Bonchev–Trinajstić information content (AvgIpc) is 2.95. The van der Waals surface area contributed by atoms with Crippen LogP contribution in [0.3, 0.4) is 0 Å². The van der Waals surface area contributed by atoms with Gasteiger partial charge in [0.15, 0.2) is 0 Å². The summed E-state index contributed by atoms with van der Waals surface area (Å²) in [6, 6.07) is 22.0. The lowest BCUT2D eigenvalue weighted by molar-refractivity contribution is 0.101. The Balaban J connectivity index is 1.85. The first kappa shape index (κ1) is 16.4. The Hall–Kier alpha value is -3.11. The normalized spacial score (nSPS) is 14.6. The van der Waals surface area contributed by atoms with E-state index in [1.165, 1.54) is 0 Å². The number of anilines is 1. The van der Waals surface area contributed by atoms with Gasteiger partial charge in [0.2, 0.25) is 0 Å². The van der Waals surface area contributed by atoms with Crippen molar-refractivity contribution in [3.63, 3.8) is 0 Å². The van der Waals surface area contributed by atoms with Gasteiger partial charge in [0.25, 0.3) is 5.91 Å². The van der Waals surface area contributed by atoms with Gasteiger partial charge in [-0.3, -0.25) is 9.69 Å². The largest absolute Gasteiger partial charge is 0.497 e. The number of amides is 1. The van der Waals surface area contributed by atoms with E-state index in [2.05, 4.69) is 0 Å². The first-order chi connectivity index (χ1) is 12.7. The third kappa shape index (κ3) is 2.85. The fraction of sp³-hybridized carbons (Fsp3) is 0.0476. The molecule has 1 aliphatic rings. The Morgan fingerprint density at radius 1 is 0.885 bits per heavy atom. The highest BCUT2D eigenvalue weighted by Crippen LogP contribution is 2.31. The van der Waals surface area contributed by atoms with Crippen molar-refractivity contribution in [2.75, 3.05) is 12.0 Å². The molecule has 4 nitrogen and oxygen atoms in total. The smallest absolute Gasteiger partial charge is 0.264 e. The van der Waals surface area contributed by atoms with Crippen molar-refractivity contribution in [1.82, 2.24) is 0 Å². The molecule has 0 saturated heterocycles. The third-order valence-corrected chi connectivity index (χ3v) is 4.46. The van der Waals surface area contributed by atoms with Crippen molar-refractivity contribution in [3.8, 4) is 5.75 Å². The van der Waals surface area contributed by atoms with Crippen molar-refractivity contribution >= 4 is 34.7 Å². The number of carbonyl (C=O) groups excluding carboxylic acids is 1. The molecule has 0 unspecified atom stereocenters. The van der Waals surface area contributed by atoms with E-state index in [0.29, 0.717) is 16.4 Å². The van der Waals surface area contributed by atoms with Gasteiger partial charge in [-0.2, -0.15) is 0 Å². The molecule has 3 aromatic carbocycles. The van der Waals surface area contributed by atoms with Gasteiger partial charge in [-0.1, -0.05) is 29.8 Å². The monoisotopic (exact) mass is 362 g/mol. The topological polar surface area (TPSA) is 41.9 Å². The molecule has 0 bridgehead atoms. The quantitative estimate of drug-likeness (QED) is 0.651. The molecule has 26 heavy (non-hydrogen) atoms. The zero-order chi connectivity index (χ0) is 18.1. The van der Waals surface area contributed by atoms with Crippen LogP contribution in [0.2, 0.25) is 5.02 Å². The number of hydrogen-bond donors (Lipinski definition) is 0. The van der Waals surface area contributed by atoms with Gasteiger partial charge in [-0.05, 0) is 54.6 Å². The SMILES string of the molecule is COc1ccc(N=C2c3ccccc3C(=O)N2c2ccc(Cl)cc2)cc1. The van der Waals surface area contributed by atoms with Crippen molar-refractivity contribution in [2.24, 2.45) is 4.99 Å². The maximum atomic E-state index is 13.0. The first-order valence-corrected chi connectivity index (χ1v) is 8.47. The molecule has 0 radical (unpaired) electrons. The summed E-state index contributed by atoms with van der Waals surface area (Å²) >= 11 is 5.99. The third-order valence-electron chi connectivity index (χ3n) is 4.21. The predicted molar refractivity (Wildman–Crippen MR) is 104 cm³/mol. The van der Waals surface area contributed by atoms with E-state index in [0.717, 1.165) is 22.7 Å². The lowest BCUT2D eigenvalue weighted by atomic mass is 10.1. The summed E-state index contributed by atoms with van der Waals surface area (Å²) in [5, 5.41) is 0.617. The molecular weight excluding hydrogens is 348 g/mol. The maximum absolute atomic E-state index is 13.0. The molecule has 128 valence electrons. The van der Waals surface area contributed by atoms with Crippen LogP contribution in [0.15, 0.2) is 77.8 Å². The van der Waals surface area contributed by atoms with Crippen molar-refractivity contribution < 1.29 is 9.53 Å². The Labute approximate surface area is 156 Å². The minimum absolute atomic E-state index is 0.102. The predicted octanol–water partition coefficient (Wildman–Crippen LogP) is 5.09. The second kappa shape index (κ2) is 6.65. The van der Waals surface area contributed by atoms with E-state index in [4.69, 9.17) is 21.3 Å². The molecule has 4 rings (SSSR count). The maximum Gasteiger partial charge on any atom is 0.264 e. The first-order valence-electron chi connectivity index (χ1n) is 8.09. The van der Waals surface area contributed by atoms with E-state index < -0.39 is 0 Å². The molecule has 1 aliphatic heterocycles. The fourth-order valence-electron chi connectivity index (χ4n) is 2.92. The Morgan fingerprint density at radius 3 is 2.19 bits per heavy atom. The summed E-state index contributed by atoms with van der Waals surface area (Å²) in [6.45, 7) is 0. The van der Waals surface area contributed by atoms with Gasteiger partial charge in [0.05, 0.1) is 24.0 Å². The minimum Gasteiger partial charge on any atom is -0.497 e. The van der Waals surface area contributed by atoms with E-state index in [9.17, 15) is 4.79 Å². The number of halogens is 1. The van der Waals surface area contributed by atoms with Gasteiger partial charge in [0.1, 0.15) is 11.6 Å². The van der Waals surface area contributed by atoms with Crippen LogP contribution in [0.4, 0.5) is 11.4 Å². The van der Waals surface area contributed by atoms with Crippen LogP contribution < -0.4 is 9.64 Å². The summed E-state index contributed by atoms with van der Waals surface area (Å²) in [5.41, 5.74) is 2.91. The van der Waals surface area contributed by atoms with Crippen LogP contribution >= 0.6 is 11.6 Å². The Bertz CT molecular complexity index is 995. The van der Waals surface area contributed by atoms with Crippen LogP contribution in [0.1, 0.15) is 15.9 Å². The molecule has 0 saturated carbocycles. The lowest BCUT2D eigenvalue weighted by Crippen LogP contribution is -2.29. The number of carbonyl (C=O) groups is 1. The highest BCUT2D eigenvalue weighted by Gasteiger charge is 2.34. The van der Waals surface area contributed by atoms with Crippen LogP contribution in [0.5, 0.6) is 5.75 Å². The van der Waals surface area contributed by atoms with Gasteiger partial charge < -0.3 is 4.74 Å². The van der Waals surface area contributed by atoms with Crippen molar-refractivity contribution in [3.05, 3.63) is 88.9 Å². The summed E-state index contributed by atoms with van der Waals surface area (Å²) < 4.78 is 5.19. The number of methoxy groups -OCH3 is 1. The number of aliphatic imine (C=N–C) groups is 1. The van der Waals surface area contributed by atoms with Gasteiger partial charge in [-0.25, -0.2) is 4.99 Å². The fourth-order valence-corrected chi connectivity index (χ4v) is 3.05. The highest BCUT2D eigenvalue weighted by molar-refractivity contribution is 6.36. The van der Waals surface area contributed by atoms with E-state index >= 15 is 0 Å². The molecular formula is C21H15ClN2O2. The second-order valence-electron chi connectivity index (χ2n) is 5.80. The molecule has 0 aliphatic carbocycles. The number of rotatable bonds is 3. The number of amidine groups is 1. The minimum atomic E-state index is -0.102. The van der Waals surface area contributed by atoms with Gasteiger partial charge in [0, 0.05) is 10.6 Å². The van der Waals surface area contributed by atoms with Crippen LogP contribution in [-0.2, 0) is 0 Å². The molecule has 1 amide bonds. The molecule has 5 heteroatoms. The molecule has 0 N–H and O–H groups in total.